The second-order valence-corrected chi connectivity index (χ2v) is 5.35. The van der Waals surface area contributed by atoms with Crippen LogP contribution in [0.15, 0.2) is 36.4 Å². The van der Waals surface area contributed by atoms with Gasteiger partial charge in [0.15, 0.2) is 0 Å². The van der Waals surface area contributed by atoms with Gasteiger partial charge in [0.1, 0.15) is 5.82 Å². The van der Waals surface area contributed by atoms with Crippen molar-refractivity contribution >= 4 is 11.6 Å². The van der Waals surface area contributed by atoms with Gasteiger partial charge in [0.05, 0.1) is 12.0 Å². The molecule has 0 saturated heterocycles. The summed E-state index contributed by atoms with van der Waals surface area (Å²) in [6, 6.07) is 12.8. The summed E-state index contributed by atoms with van der Waals surface area (Å²) in [7, 11) is 0. The quantitative estimate of drug-likeness (QED) is 0.784. The Kier molecular flexibility index (Phi) is 4.42. The molecule has 1 unspecified atom stereocenters. The van der Waals surface area contributed by atoms with Gasteiger partial charge < -0.3 is 0 Å². The number of rotatable bonds is 3. The first-order valence-corrected chi connectivity index (χ1v) is 6.80. The molecule has 0 aromatic heterocycles. The maximum Gasteiger partial charge on any atom is 0.127 e. The number of halogens is 2. The van der Waals surface area contributed by atoms with Crippen molar-refractivity contribution in [1.29, 1.82) is 5.26 Å². The molecule has 1 atom stereocenters. The Morgan fingerprint density at radius 2 is 2.00 bits per heavy atom. The molecule has 0 saturated carbocycles. The zero-order chi connectivity index (χ0) is 14.7. The molecule has 1 nitrogen and oxygen atoms in total. The molecule has 2 aromatic carbocycles. The fourth-order valence-corrected chi connectivity index (χ4v) is 2.53. The Morgan fingerprint density at radius 3 is 2.65 bits per heavy atom. The van der Waals surface area contributed by atoms with E-state index < -0.39 is 5.92 Å². The van der Waals surface area contributed by atoms with E-state index in [0.717, 1.165) is 16.7 Å². The van der Waals surface area contributed by atoms with Gasteiger partial charge >= 0.3 is 0 Å². The van der Waals surface area contributed by atoms with Crippen LogP contribution in [0.2, 0.25) is 5.02 Å². The fraction of sp³-hybridized carbons (Fsp3) is 0.235. The van der Waals surface area contributed by atoms with Gasteiger partial charge in [-0.25, -0.2) is 4.39 Å². The Hall–Kier alpha value is -1.85. The molecule has 0 bridgehead atoms. The van der Waals surface area contributed by atoms with E-state index in [9.17, 15) is 9.65 Å². The average Bonchev–Trinajstić information content (AvgIpc) is 2.42. The summed E-state index contributed by atoms with van der Waals surface area (Å²) in [6.45, 7) is 3.94. The third-order valence-corrected chi connectivity index (χ3v) is 3.79. The number of hydrogen-bond acceptors (Lipinski definition) is 1. The maximum absolute atomic E-state index is 13.8. The van der Waals surface area contributed by atoms with Gasteiger partial charge in [-0.2, -0.15) is 5.26 Å². The maximum atomic E-state index is 13.8. The number of hydrogen-bond donors (Lipinski definition) is 0. The second kappa shape index (κ2) is 6.07. The Bertz CT molecular complexity index is 653. The van der Waals surface area contributed by atoms with Crippen LogP contribution in [0, 0.1) is 31.0 Å². The molecule has 0 radical (unpaired) electrons. The van der Waals surface area contributed by atoms with Gasteiger partial charge in [0.2, 0.25) is 0 Å². The van der Waals surface area contributed by atoms with Crippen LogP contribution < -0.4 is 0 Å². The van der Waals surface area contributed by atoms with Crippen molar-refractivity contribution in [2.75, 3.05) is 0 Å². The monoisotopic (exact) mass is 287 g/mol. The third-order valence-electron chi connectivity index (χ3n) is 3.44. The molecule has 20 heavy (non-hydrogen) atoms. The summed E-state index contributed by atoms with van der Waals surface area (Å²) in [4.78, 5) is 0. The Morgan fingerprint density at radius 1 is 1.25 bits per heavy atom. The molecule has 0 aliphatic heterocycles. The highest BCUT2D eigenvalue weighted by molar-refractivity contribution is 6.31. The van der Waals surface area contributed by atoms with E-state index >= 15 is 0 Å². The van der Waals surface area contributed by atoms with E-state index in [1.807, 2.05) is 32.0 Å². The highest BCUT2D eigenvalue weighted by Crippen LogP contribution is 2.29. The SMILES string of the molecule is Cc1ccc(C)c(C(C#N)Cc2c(F)cccc2Cl)c1. The molecule has 0 N–H and O–H groups in total. The van der Waals surface area contributed by atoms with Crippen LogP contribution in [-0.2, 0) is 6.42 Å². The molecule has 0 fully saturated rings. The molecule has 2 aromatic rings. The summed E-state index contributed by atoms with van der Waals surface area (Å²) in [6.07, 6.45) is 0.284. The third kappa shape index (κ3) is 3.00. The standard InChI is InChI=1S/C17H15ClFN/c1-11-6-7-12(2)14(8-11)13(10-20)9-15-16(18)4-3-5-17(15)19/h3-8,13H,9H2,1-2H3. The molecule has 0 aliphatic carbocycles. The zero-order valence-electron chi connectivity index (χ0n) is 11.5. The fourth-order valence-electron chi connectivity index (χ4n) is 2.29. The summed E-state index contributed by atoms with van der Waals surface area (Å²) in [5, 5.41) is 9.79. The van der Waals surface area contributed by atoms with Crippen LogP contribution in [0.3, 0.4) is 0 Å². The van der Waals surface area contributed by atoms with Crippen molar-refractivity contribution in [3.8, 4) is 6.07 Å². The highest BCUT2D eigenvalue weighted by atomic mass is 35.5. The average molecular weight is 288 g/mol. The van der Waals surface area contributed by atoms with Gasteiger partial charge in [0.25, 0.3) is 0 Å². The van der Waals surface area contributed by atoms with E-state index in [1.165, 1.54) is 6.07 Å². The highest BCUT2D eigenvalue weighted by Gasteiger charge is 2.18. The number of nitrogens with zero attached hydrogens (tertiary/aromatic N) is 1. The lowest BCUT2D eigenvalue weighted by Crippen LogP contribution is -2.05. The van der Waals surface area contributed by atoms with Crippen LogP contribution in [-0.4, -0.2) is 0 Å². The minimum absolute atomic E-state index is 0.284. The van der Waals surface area contributed by atoms with Gasteiger partial charge in [-0.1, -0.05) is 41.4 Å². The van der Waals surface area contributed by atoms with Crippen molar-refractivity contribution < 1.29 is 4.39 Å². The smallest absolute Gasteiger partial charge is 0.127 e. The van der Waals surface area contributed by atoms with Crippen molar-refractivity contribution in [2.24, 2.45) is 0 Å². The topological polar surface area (TPSA) is 23.8 Å². The molecule has 0 amide bonds. The van der Waals surface area contributed by atoms with E-state index in [2.05, 4.69) is 6.07 Å². The van der Waals surface area contributed by atoms with Crippen molar-refractivity contribution in [2.45, 2.75) is 26.2 Å². The largest absolute Gasteiger partial charge is 0.207 e. The van der Waals surface area contributed by atoms with Crippen LogP contribution in [0.4, 0.5) is 4.39 Å². The first-order valence-electron chi connectivity index (χ1n) is 6.42. The van der Waals surface area contributed by atoms with E-state index in [0.29, 0.717) is 10.6 Å². The molecule has 102 valence electrons. The number of aryl methyl sites for hydroxylation is 2. The Labute approximate surface area is 123 Å². The number of nitriles is 1. The summed E-state index contributed by atoms with van der Waals surface area (Å²) >= 11 is 6.04. The van der Waals surface area contributed by atoms with Gasteiger partial charge in [-0.05, 0) is 43.5 Å². The molecular formula is C17H15ClFN. The van der Waals surface area contributed by atoms with Crippen molar-refractivity contribution in [3.63, 3.8) is 0 Å². The lowest BCUT2D eigenvalue weighted by atomic mass is 9.89. The van der Waals surface area contributed by atoms with Crippen LogP contribution >= 0.6 is 11.6 Å². The summed E-state index contributed by atoms with van der Waals surface area (Å²) in [5.74, 6) is -0.757. The lowest BCUT2D eigenvalue weighted by molar-refractivity contribution is 0.604. The molecule has 0 heterocycles. The predicted octanol–water partition coefficient (Wildman–Crippen LogP) is 4.95. The minimum atomic E-state index is -0.399. The van der Waals surface area contributed by atoms with E-state index in [1.54, 1.807) is 12.1 Å². The molecule has 2 rings (SSSR count). The molecule has 0 aliphatic rings. The second-order valence-electron chi connectivity index (χ2n) is 4.95. The van der Waals surface area contributed by atoms with Gasteiger partial charge in [0, 0.05) is 10.6 Å². The molecular weight excluding hydrogens is 273 g/mol. The zero-order valence-corrected chi connectivity index (χ0v) is 12.2. The first kappa shape index (κ1) is 14.6. The van der Waals surface area contributed by atoms with Gasteiger partial charge in [-0.15, -0.1) is 0 Å². The van der Waals surface area contributed by atoms with Crippen molar-refractivity contribution in [3.05, 3.63) is 69.5 Å². The van der Waals surface area contributed by atoms with Crippen LogP contribution in [0.5, 0.6) is 0 Å². The van der Waals surface area contributed by atoms with Gasteiger partial charge in [-0.3, -0.25) is 0 Å². The van der Waals surface area contributed by atoms with E-state index in [-0.39, 0.29) is 12.2 Å². The normalized spacial score (nSPS) is 11.9. The summed E-state index contributed by atoms with van der Waals surface area (Å²) in [5.41, 5.74) is 3.47. The lowest BCUT2D eigenvalue weighted by Gasteiger charge is -2.14. The Balaban J connectivity index is 2.40. The van der Waals surface area contributed by atoms with E-state index in [4.69, 9.17) is 11.6 Å². The summed E-state index contributed by atoms with van der Waals surface area (Å²) < 4.78 is 13.8. The number of benzene rings is 2. The van der Waals surface area contributed by atoms with Crippen LogP contribution in [0.25, 0.3) is 0 Å². The molecule has 3 heteroatoms. The van der Waals surface area contributed by atoms with Crippen LogP contribution in [0.1, 0.15) is 28.2 Å². The first-order chi connectivity index (χ1) is 9.52. The minimum Gasteiger partial charge on any atom is -0.207 e. The molecule has 0 spiro atoms. The predicted molar refractivity (Wildman–Crippen MR) is 79.4 cm³/mol. The van der Waals surface area contributed by atoms with Crippen molar-refractivity contribution in [1.82, 2.24) is 0 Å².